The Morgan fingerprint density at radius 3 is 2.87 bits per heavy atom. The average molecular weight is 316 g/mol. The summed E-state index contributed by atoms with van der Waals surface area (Å²) in [5, 5.41) is 10.7. The monoisotopic (exact) mass is 316 g/mol. The van der Waals surface area contributed by atoms with E-state index in [1.165, 1.54) is 10.2 Å². The molecular weight excluding hydrogens is 296 g/mol. The number of amides is 1. The van der Waals surface area contributed by atoms with Crippen LogP contribution in [0.1, 0.15) is 18.0 Å². The molecule has 1 aliphatic rings. The van der Waals surface area contributed by atoms with Gasteiger partial charge < -0.3 is 10.6 Å². The van der Waals surface area contributed by atoms with Gasteiger partial charge >= 0.3 is 0 Å². The third-order valence-corrected chi connectivity index (χ3v) is 3.95. The number of nitrogens with two attached hydrogens (primary N) is 1. The minimum Gasteiger partial charge on any atom is -0.367 e. The van der Waals surface area contributed by atoms with Gasteiger partial charge in [-0.25, -0.2) is 10.1 Å². The Balaban J connectivity index is 1.51. The lowest BCUT2D eigenvalue weighted by molar-refractivity contribution is -0.131. The molecule has 1 fully saturated rings. The number of hydrogen-bond donors (Lipinski definition) is 3. The van der Waals surface area contributed by atoms with E-state index in [0.717, 1.165) is 6.42 Å². The number of hydrogen-bond acceptors (Lipinski definition) is 7. The largest absolute Gasteiger partial charge is 0.367 e. The Bertz CT molecular complexity index is 658. The van der Waals surface area contributed by atoms with E-state index >= 15 is 0 Å². The van der Waals surface area contributed by atoms with Crippen molar-refractivity contribution in [2.45, 2.75) is 25.0 Å². The van der Waals surface area contributed by atoms with Crippen LogP contribution in [-0.2, 0) is 11.3 Å². The van der Waals surface area contributed by atoms with E-state index in [1.54, 1.807) is 11.9 Å². The molecule has 3 rings (SSSR count). The topological polar surface area (TPSA) is 114 Å². The molecule has 0 aliphatic carbocycles. The summed E-state index contributed by atoms with van der Waals surface area (Å²) in [6.45, 7) is 0.634. The van der Waals surface area contributed by atoms with Gasteiger partial charge in [-0.1, -0.05) is 35.4 Å². The fourth-order valence-electron chi connectivity index (χ4n) is 2.65. The highest BCUT2D eigenvalue weighted by Gasteiger charge is 2.27. The quantitative estimate of drug-likeness (QED) is 0.669. The molecule has 1 saturated heterocycles. The molecule has 0 radical (unpaired) electrons. The van der Waals surface area contributed by atoms with E-state index < -0.39 is 0 Å². The fourth-order valence-corrected chi connectivity index (χ4v) is 2.65. The zero-order valence-electron chi connectivity index (χ0n) is 12.9. The predicted octanol–water partition coefficient (Wildman–Crippen LogP) is -0.678. The zero-order valence-corrected chi connectivity index (χ0v) is 12.9. The summed E-state index contributed by atoms with van der Waals surface area (Å²) >= 11 is 0. The van der Waals surface area contributed by atoms with Gasteiger partial charge in [-0.3, -0.25) is 10.2 Å². The Labute approximate surface area is 133 Å². The lowest BCUT2D eigenvalue weighted by Crippen LogP contribution is -2.42. The summed E-state index contributed by atoms with van der Waals surface area (Å²) in [4.78, 5) is 13.9. The first-order chi connectivity index (χ1) is 11.1. The minimum atomic E-state index is -0.0889. The molecule has 122 valence electrons. The Kier molecular flexibility index (Phi) is 4.49. The zero-order chi connectivity index (χ0) is 16.2. The van der Waals surface area contributed by atoms with Crippen molar-refractivity contribution in [1.82, 2.24) is 36.0 Å². The lowest BCUT2D eigenvalue weighted by Gasteiger charge is -2.20. The SMILES string of the molecule is CN(CC1CC(c2ccccc2)NN1)C(=O)Cn1nnnc1N. The van der Waals surface area contributed by atoms with Gasteiger partial charge in [-0.2, -0.15) is 0 Å². The molecule has 1 aromatic heterocycles. The molecule has 2 aromatic rings. The van der Waals surface area contributed by atoms with Crippen LogP contribution in [0.5, 0.6) is 0 Å². The smallest absolute Gasteiger partial charge is 0.244 e. The molecule has 0 bridgehead atoms. The fraction of sp³-hybridized carbons (Fsp3) is 0.429. The van der Waals surface area contributed by atoms with Crippen molar-refractivity contribution in [1.29, 1.82) is 0 Å². The summed E-state index contributed by atoms with van der Waals surface area (Å²) in [7, 11) is 1.76. The van der Waals surface area contributed by atoms with Crippen molar-refractivity contribution in [2.24, 2.45) is 0 Å². The predicted molar refractivity (Wildman–Crippen MR) is 83.7 cm³/mol. The van der Waals surface area contributed by atoms with Crippen LogP contribution >= 0.6 is 0 Å². The number of aromatic nitrogens is 4. The van der Waals surface area contributed by atoms with Gasteiger partial charge in [0.15, 0.2) is 0 Å². The number of anilines is 1. The van der Waals surface area contributed by atoms with Crippen LogP contribution in [-0.4, -0.2) is 50.6 Å². The van der Waals surface area contributed by atoms with Crippen LogP contribution in [0.3, 0.4) is 0 Å². The van der Waals surface area contributed by atoms with Gasteiger partial charge in [0.25, 0.3) is 0 Å². The summed E-state index contributed by atoms with van der Waals surface area (Å²) in [6.07, 6.45) is 0.911. The van der Waals surface area contributed by atoms with Gasteiger partial charge in [0.1, 0.15) is 6.54 Å². The maximum Gasteiger partial charge on any atom is 0.244 e. The molecule has 0 saturated carbocycles. The van der Waals surface area contributed by atoms with E-state index in [1.807, 2.05) is 18.2 Å². The Morgan fingerprint density at radius 1 is 1.39 bits per heavy atom. The lowest BCUT2D eigenvalue weighted by atomic mass is 10.0. The molecule has 1 amide bonds. The standard InChI is InChI=1S/C14H20N8O/c1-21(13(23)9-22-14(15)18-19-20-22)8-11-7-12(17-16-11)10-5-3-2-4-6-10/h2-6,11-12,16-17H,7-9H2,1H3,(H2,15,18,20). The first-order valence-electron chi connectivity index (χ1n) is 7.45. The van der Waals surface area contributed by atoms with Crippen LogP contribution in [0, 0.1) is 0 Å². The van der Waals surface area contributed by atoms with E-state index in [9.17, 15) is 4.79 Å². The molecule has 2 unspecified atom stereocenters. The molecule has 0 spiro atoms. The number of hydrazine groups is 1. The van der Waals surface area contributed by atoms with Crippen LogP contribution in [0.15, 0.2) is 30.3 Å². The highest BCUT2D eigenvalue weighted by molar-refractivity contribution is 5.75. The van der Waals surface area contributed by atoms with Crippen molar-refractivity contribution in [2.75, 3.05) is 19.3 Å². The molecule has 4 N–H and O–H groups in total. The van der Waals surface area contributed by atoms with Gasteiger partial charge in [0, 0.05) is 25.7 Å². The van der Waals surface area contributed by atoms with Crippen LogP contribution < -0.4 is 16.6 Å². The number of tetrazole rings is 1. The van der Waals surface area contributed by atoms with E-state index in [0.29, 0.717) is 6.54 Å². The van der Waals surface area contributed by atoms with Crippen LogP contribution in [0.4, 0.5) is 5.95 Å². The molecule has 9 nitrogen and oxygen atoms in total. The second-order valence-corrected chi connectivity index (χ2v) is 5.65. The van der Waals surface area contributed by atoms with E-state index in [2.05, 4.69) is 38.5 Å². The number of carbonyl (C=O) groups excluding carboxylic acids is 1. The molecule has 23 heavy (non-hydrogen) atoms. The van der Waals surface area contributed by atoms with Crippen molar-refractivity contribution in [3.05, 3.63) is 35.9 Å². The number of nitrogens with one attached hydrogen (secondary N) is 2. The van der Waals surface area contributed by atoms with E-state index in [4.69, 9.17) is 5.73 Å². The molecular formula is C14H20N8O. The third-order valence-electron chi connectivity index (χ3n) is 3.95. The summed E-state index contributed by atoms with van der Waals surface area (Å²) in [5.41, 5.74) is 13.3. The molecule has 2 atom stereocenters. The normalized spacial score (nSPS) is 20.6. The number of carbonyl (C=O) groups is 1. The van der Waals surface area contributed by atoms with Crippen LogP contribution in [0.2, 0.25) is 0 Å². The second-order valence-electron chi connectivity index (χ2n) is 5.65. The number of rotatable bonds is 5. The maximum absolute atomic E-state index is 12.2. The third kappa shape index (κ3) is 3.63. The van der Waals surface area contributed by atoms with Crippen molar-refractivity contribution < 1.29 is 4.79 Å². The van der Waals surface area contributed by atoms with Gasteiger partial charge in [-0.15, -0.1) is 0 Å². The van der Waals surface area contributed by atoms with E-state index in [-0.39, 0.29) is 30.5 Å². The highest BCUT2D eigenvalue weighted by Crippen LogP contribution is 2.22. The van der Waals surface area contributed by atoms with Crippen LogP contribution in [0.25, 0.3) is 0 Å². The summed E-state index contributed by atoms with van der Waals surface area (Å²) in [5.74, 6) is 0.0468. The van der Waals surface area contributed by atoms with Gasteiger partial charge in [-0.05, 0) is 22.4 Å². The summed E-state index contributed by atoms with van der Waals surface area (Å²) in [6, 6.07) is 10.7. The molecule has 1 aromatic carbocycles. The first-order valence-corrected chi connectivity index (χ1v) is 7.45. The van der Waals surface area contributed by atoms with Gasteiger partial charge in [0.05, 0.1) is 0 Å². The Hall–Kier alpha value is -2.52. The second kappa shape index (κ2) is 6.71. The van der Waals surface area contributed by atoms with Crippen molar-refractivity contribution >= 4 is 11.9 Å². The molecule has 2 heterocycles. The maximum atomic E-state index is 12.2. The number of benzene rings is 1. The first kappa shape index (κ1) is 15.4. The minimum absolute atomic E-state index is 0.0393. The number of nitrogen functional groups attached to an aromatic ring is 1. The summed E-state index contributed by atoms with van der Waals surface area (Å²) < 4.78 is 1.28. The van der Waals surface area contributed by atoms with Crippen molar-refractivity contribution in [3.8, 4) is 0 Å². The molecule has 9 heteroatoms. The van der Waals surface area contributed by atoms with Crippen molar-refractivity contribution in [3.63, 3.8) is 0 Å². The highest BCUT2D eigenvalue weighted by atomic mass is 16.2. The Morgan fingerprint density at radius 2 is 2.17 bits per heavy atom. The molecule has 1 aliphatic heterocycles. The number of likely N-dealkylation sites (N-methyl/N-ethyl adjacent to an activating group) is 1. The average Bonchev–Trinajstić information content (AvgIpc) is 3.18. The number of nitrogens with zero attached hydrogens (tertiary/aromatic N) is 5. The van der Waals surface area contributed by atoms with Gasteiger partial charge in [0.2, 0.25) is 11.9 Å².